The van der Waals surface area contributed by atoms with Gasteiger partial charge in [0.2, 0.25) is 0 Å². The molecule has 1 N–H and O–H groups in total. The second-order valence-electron chi connectivity index (χ2n) is 4.92. The molecule has 4 heteroatoms. The second-order valence-corrected chi connectivity index (χ2v) is 4.92. The molecule has 2 aromatic rings. The van der Waals surface area contributed by atoms with Gasteiger partial charge in [-0.3, -0.25) is 0 Å². The molecule has 0 amide bonds. The Labute approximate surface area is 107 Å². The van der Waals surface area contributed by atoms with E-state index < -0.39 is 0 Å². The molecular weight excluding hydrogens is 224 g/mol. The van der Waals surface area contributed by atoms with Gasteiger partial charge in [-0.2, -0.15) is 0 Å². The average Bonchev–Trinajstić information content (AvgIpc) is 2.59. The minimum absolute atomic E-state index is 0.390. The molecule has 0 radical (unpaired) electrons. The Morgan fingerprint density at radius 1 is 1.39 bits per heavy atom. The molecule has 1 saturated heterocycles. The van der Waals surface area contributed by atoms with Crippen molar-refractivity contribution in [2.24, 2.45) is 0 Å². The third-order valence-electron chi connectivity index (χ3n) is 3.72. The van der Waals surface area contributed by atoms with Crippen LogP contribution < -0.4 is 5.32 Å². The minimum atomic E-state index is 0.390. The maximum atomic E-state index is 4.79. The van der Waals surface area contributed by atoms with Crippen molar-refractivity contribution in [2.75, 3.05) is 6.54 Å². The van der Waals surface area contributed by atoms with Crippen LogP contribution in [0.1, 0.15) is 44.5 Å². The van der Waals surface area contributed by atoms with E-state index in [1.807, 2.05) is 12.3 Å². The third kappa shape index (κ3) is 2.01. The fraction of sp³-hybridized carbons (Fsp3) is 0.571. The number of pyridine rings is 1. The van der Waals surface area contributed by atoms with Gasteiger partial charge in [-0.15, -0.1) is 0 Å². The van der Waals surface area contributed by atoms with Crippen LogP contribution in [0.5, 0.6) is 0 Å². The fourth-order valence-electron chi connectivity index (χ4n) is 2.80. The zero-order valence-corrected chi connectivity index (χ0v) is 10.9. The van der Waals surface area contributed by atoms with Gasteiger partial charge in [-0.05, 0) is 38.4 Å². The summed E-state index contributed by atoms with van der Waals surface area (Å²) in [4.78, 5) is 9.25. The quantitative estimate of drug-likeness (QED) is 0.883. The van der Waals surface area contributed by atoms with E-state index in [4.69, 9.17) is 4.98 Å². The summed E-state index contributed by atoms with van der Waals surface area (Å²) in [5.74, 6) is 1.16. The number of nitrogens with zero attached hydrogens (tertiary/aromatic N) is 3. The number of hydrogen-bond acceptors (Lipinski definition) is 3. The molecule has 96 valence electrons. The zero-order chi connectivity index (χ0) is 12.4. The van der Waals surface area contributed by atoms with E-state index in [1.165, 1.54) is 25.7 Å². The molecule has 4 nitrogen and oxygen atoms in total. The largest absolute Gasteiger partial charge is 0.312 e. The molecule has 0 spiro atoms. The van der Waals surface area contributed by atoms with Gasteiger partial charge in [-0.25, -0.2) is 9.97 Å². The van der Waals surface area contributed by atoms with E-state index in [1.54, 1.807) is 0 Å². The lowest BCUT2D eigenvalue weighted by Crippen LogP contribution is -2.23. The van der Waals surface area contributed by atoms with Crippen LogP contribution in [0.3, 0.4) is 0 Å². The number of fused-ring (bicyclic) bond motifs is 1. The Balaban J connectivity index is 2.04. The Bertz CT molecular complexity index is 524. The summed E-state index contributed by atoms with van der Waals surface area (Å²) in [5.41, 5.74) is 2.03. The first-order valence-electron chi connectivity index (χ1n) is 6.94. The Morgan fingerprint density at radius 2 is 2.33 bits per heavy atom. The molecular formula is C14H20N4. The van der Waals surface area contributed by atoms with Crippen molar-refractivity contribution in [2.45, 2.75) is 45.2 Å². The van der Waals surface area contributed by atoms with Crippen LogP contribution in [0.15, 0.2) is 18.3 Å². The summed E-state index contributed by atoms with van der Waals surface area (Å²) in [6.07, 6.45) is 6.93. The first-order chi connectivity index (χ1) is 8.90. The van der Waals surface area contributed by atoms with Gasteiger partial charge in [0.05, 0.1) is 6.04 Å². The normalized spacial score (nSPS) is 21.1. The Hall–Kier alpha value is -1.42. The van der Waals surface area contributed by atoms with Gasteiger partial charge < -0.3 is 9.88 Å². The molecule has 18 heavy (non-hydrogen) atoms. The first kappa shape index (κ1) is 11.7. The summed E-state index contributed by atoms with van der Waals surface area (Å²) in [7, 11) is 0. The van der Waals surface area contributed by atoms with Crippen molar-refractivity contribution in [3.05, 3.63) is 24.2 Å². The topological polar surface area (TPSA) is 42.7 Å². The number of nitrogens with one attached hydrogen (secondary N) is 1. The predicted molar refractivity (Wildman–Crippen MR) is 72.4 cm³/mol. The van der Waals surface area contributed by atoms with Gasteiger partial charge in [0, 0.05) is 12.7 Å². The monoisotopic (exact) mass is 244 g/mol. The maximum absolute atomic E-state index is 4.79. The van der Waals surface area contributed by atoms with Crippen LogP contribution in [0.2, 0.25) is 0 Å². The van der Waals surface area contributed by atoms with Crippen molar-refractivity contribution in [3.63, 3.8) is 0 Å². The maximum Gasteiger partial charge on any atom is 0.160 e. The molecule has 0 aromatic carbocycles. The Morgan fingerprint density at radius 3 is 3.22 bits per heavy atom. The van der Waals surface area contributed by atoms with E-state index >= 15 is 0 Å². The molecule has 1 aliphatic heterocycles. The number of rotatable bonds is 2. The van der Waals surface area contributed by atoms with Crippen molar-refractivity contribution in [3.8, 4) is 0 Å². The fourth-order valence-corrected chi connectivity index (χ4v) is 2.80. The minimum Gasteiger partial charge on any atom is -0.312 e. The molecule has 1 fully saturated rings. The molecule has 3 rings (SSSR count). The van der Waals surface area contributed by atoms with Crippen molar-refractivity contribution < 1.29 is 0 Å². The van der Waals surface area contributed by atoms with Crippen molar-refractivity contribution >= 4 is 11.2 Å². The van der Waals surface area contributed by atoms with Gasteiger partial charge in [0.25, 0.3) is 0 Å². The van der Waals surface area contributed by atoms with Crippen LogP contribution >= 0.6 is 0 Å². The van der Waals surface area contributed by atoms with Crippen LogP contribution in [0.25, 0.3) is 11.2 Å². The smallest absolute Gasteiger partial charge is 0.160 e. The van der Waals surface area contributed by atoms with E-state index in [-0.39, 0.29) is 0 Å². The van der Waals surface area contributed by atoms with Crippen LogP contribution in [0.4, 0.5) is 0 Å². The molecule has 0 aliphatic carbocycles. The van der Waals surface area contributed by atoms with Crippen molar-refractivity contribution in [1.82, 2.24) is 19.9 Å². The molecule has 1 unspecified atom stereocenters. The van der Waals surface area contributed by atoms with Gasteiger partial charge >= 0.3 is 0 Å². The first-order valence-corrected chi connectivity index (χ1v) is 6.94. The highest BCUT2D eigenvalue weighted by Crippen LogP contribution is 2.25. The van der Waals surface area contributed by atoms with Crippen LogP contribution in [-0.2, 0) is 6.54 Å². The van der Waals surface area contributed by atoms with Gasteiger partial charge in [0.15, 0.2) is 5.65 Å². The number of imidazole rings is 1. The molecule has 3 heterocycles. The summed E-state index contributed by atoms with van der Waals surface area (Å²) in [5, 5.41) is 3.62. The molecule has 0 bridgehead atoms. The second kappa shape index (κ2) is 5.06. The summed E-state index contributed by atoms with van der Waals surface area (Å²) in [6, 6.07) is 4.40. The highest BCUT2D eigenvalue weighted by Gasteiger charge is 2.20. The van der Waals surface area contributed by atoms with E-state index in [0.717, 1.165) is 30.1 Å². The van der Waals surface area contributed by atoms with Gasteiger partial charge in [-0.1, -0.05) is 12.8 Å². The Kier molecular flexibility index (Phi) is 3.28. The summed E-state index contributed by atoms with van der Waals surface area (Å²) < 4.78 is 2.25. The molecule has 0 saturated carbocycles. The lowest BCUT2D eigenvalue weighted by atomic mass is 10.1. The molecule has 2 aromatic heterocycles. The highest BCUT2D eigenvalue weighted by atomic mass is 15.2. The molecule has 1 aliphatic rings. The van der Waals surface area contributed by atoms with Crippen molar-refractivity contribution in [1.29, 1.82) is 0 Å². The van der Waals surface area contributed by atoms with E-state index in [9.17, 15) is 0 Å². The summed E-state index contributed by atoms with van der Waals surface area (Å²) in [6.45, 7) is 4.20. The van der Waals surface area contributed by atoms with E-state index in [2.05, 4.69) is 27.9 Å². The van der Waals surface area contributed by atoms with Crippen LogP contribution in [0, 0.1) is 0 Å². The number of aromatic nitrogens is 3. The van der Waals surface area contributed by atoms with Crippen LogP contribution in [-0.4, -0.2) is 21.1 Å². The number of hydrogen-bond donors (Lipinski definition) is 1. The SMILES string of the molecule is CCn1c(C2CCCCCN2)nc2cccnc21. The molecule has 1 atom stereocenters. The van der Waals surface area contributed by atoms with E-state index in [0.29, 0.717) is 6.04 Å². The van der Waals surface area contributed by atoms with Gasteiger partial charge in [0.1, 0.15) is 11.3 Å². The average molecular weight is 244 g/mol. The summed E-state index contributed by atoms with van der Waals surface area (Å²) >= 11 is 0. The predicted octanol–water partition coefficient (Wildman–Crippen LogP) is 2.66. The third-order valence-corrected chi connectivity index (χ3v) is 3.72. The number of aryl methyl sites for hydroxylation is 1. The lowest BCUT2D eigenvalue weighted by Gasteiger charge is -2.16. The standard InChI is InChI=1S/C14H20N4/c1-2-18-13-12(8-6-10-16-13)17-14(18)11-7-4-3-5-9-15-11/h6,8,10-11,15H,2-5,7,9H2,1H3. The lowest BCUT2D eigenvalue weighted by molar-refractivity contribution is 0.486. The highest BCUT2D eigenvalue weighted by molar-refractivity contribution is 5.71. The zero-order valence-electron chi connectivity index (χ0n) is 10.9.